The summed E-state index contributed by atoms with van der Waals surface area (Å²) in [6.45, 7) is 0. The third kappa shape index (κ3) is 11.8. The van der Waals surface area contributed by atoms with Gasteiger partial charge in [0.15, 0.2) is 5.75 Å². The van der Waals surface area contributed by atoms with E-state index in [0.29, 0.717) is 0 Å². The molecule has 0 atom stereocenters. The Morgan fingerprint density at radius 3 is 1.78 bits per heavy atom. The van der Waals surface area contributed by atoms with Gasteiger partial charge in [-0.3, -0.25) is 9.35 Å². The molecule has 50 valence electrons. The predicted octanol–water partition coefficient (Wildman–Crippen LogP) is -1.69. The minimum atomic E-state index is -4.32. The molecule has 0 heterocycles. The van der Waals surface area contributed by atoms with Crippen LogP contribution in [-0.4, -0.2) is 59.4 Å². The first-order valence-electron chi connectivity index (χ1n) is 1.59. The molecule has 0 radical (unpaired) electrons. The van der Waals surface area contributed by atoms with Crippen LogP contribution < -0.4 is 0 Å². The van der Waals surface area contributed by atoms with Crippen LogP contribution >= 0.6 is 0 Å². The molecule has 0 saturated heterocycles. The summed E-state index contributed by atoms with van der Waals surface area (Å²) < 4.78 is 27.0. The Labute approximate surface area is 74.1 Å². The number of carboxylic acids is 1. The molecule has 0 amide bonds. The Morgan fingerprint density at radius 2 is 1.78 bits per heavy atom. The number of carbonyl (C=O) groups is 1. The Hall–Kier alpha value is 0.380. The van der Waals surface area contributed by atoms with E-state index in [1.807, 2.05) is 0 Å². The van der Waals surface area contributed by atoms with Crippen LogP contribution in [0.5, 0.6) is 0 Å². The number of aliphatic carboxylic acids is 1. The van der Waals surface area contributed by atoms with E-state index in [1.54, 1.807) is 0 Å². The number of carboxylic acid groups (broad SMARTS) is 1. The van der Waals surface area contributed by atoms with E-state index in [2.05, 4.69) is 0 Å². The molecule has 0 aromatic heterocycles. The van der Waals surface area contributed by atoms with Crippen molar-refractivity contribution in [2.24, 2.45) is 0 Å². The number of hydrogen-bond donors (Lipinski definition) is 2. The summed E-state index contributed by atoms with van der Waals surface area (Å²) in [4.78, 5) is 9.48. The zero-order valence-electron chi connectivity index (χ0n) is 3.73. The summed E-state index contributed by atoms with van der Waals surface area (Å²) >= 11 is 0. The molecule has 0 aliphatic rings. The first-order chi connectivity index (χ1) is 3.42. The predicted molar refractivity (Wildman–Crippen MR) is 31.2 cm³/mol. The van der Waals surface area contributed by atoms with Crippen molar-refractivity contribution in [1.82, 2.24) is 0 Å². The van der Waals surface area contributed by atoms with Gasteiger partial charge in [-0.15, -0.1) is 0 Å². The maximum absolute atomic E-state index is 9.62. The average Bonchev–Trinajstić information content (AvgIpc) is 1.21. The van der Waals surface area contributed by atoms with Gasteiger partial charge in [-0.05, 0) is 0 Å². The fourth-order valence-electron chi connectivity index (χ4n) is 0.156. The quantitative estimate of drug-likeness (QED) is 0.375. The summed E-state index contributed by atoms with van der Waals surface area (Å²) in [5.74, 6) is -2.79. The van der Waals surface area contributed by atoms with Crippen LogP contribution in [0.2, 0.25) is 0 Å². The summed E-state index contributed by atoms with van der Waals surface area (Å²) in [7, 11) is -4.32. The van der Waals surface area contributed by atoms with Crippen LogP contribution in [0.15, 0.2) is 0 Å². The van der Waals surface area contributed by atoms with E-state index in [0.717, 1.165) is 0 Å². The number of hydrogen-bond acceptors (Lipinski definition) is 3. The van der Waals surface area contributed by atoms with Crippen molar-refractivity contribution in [3.8, 4) is 0 Å². The van der Waals surface area contributed by atoms with Gasteiger partial charge in [-0.1, -0.05) is 0 Å². The van der Waals surface area contributed by atoms with Gasteiger partial charge in [0.1, 0.15) is 0 Å². The fraction of sp³-hybridized carbons (Fsp3) is 0.500. The van der Waals surface area contributed by atoms with Crippen LogP contribution in [0.3, 0.4) is 0 Å². The van der Waals surface area contributed by atoms with Gasteiger partial charge < -0.3 is 5.11 Å². The monoisotopic (exact) mass is 164 g/mol. The molecule has 0 saturated carbocycles. The van der Waals surface area contributed by atoms with Crippen LogP contribution in [-0.2, 0) is 14.9 Å². The van der Waals surface area contributed by atoms with Gasteiger partial charge in [0.25, 0.3) is 10.1 Å². The van der Waals surface area contributed by atoms with Gasteiger partial charge >= 0.3 is 35.5 Å². The van der Waals surface area contributed by atoms with Gasteiger partial charge in [0.05, 0.1) is 0 Å². The average molecular weight is 164 g/mol. The van der Waals surface area contributed by atoms with Crippen LogP contribution in [0.4, 0.5) is 0 Å². The van der Waals surface area contributed by atoms with Crippen molar-refractivity contribution in [2.75, 3.05) is 5.75 Å². The molecular weight excluding hydrogens is 159 g/mol. The van der Waals surface area contributed by atoms with Gasteiger partial charge in [-0.25, -0.2) is 0 Å². The zero-order chi connectivity index (χ0) is 6.78. The van der Waals surface area contributed by atoms with Crippen LogP contribution in [0, 0.1) is 0 Å². The van der Waals surface area contributed by atoms with E-state index in [4.69, 9.17) is 9.66 Å². The molecule has 0 bridgehead atoms. The molecular formula is C2H5NaO5S. The van der Waals surface area contributed by atoms with Crippen molar-refractivity contribution in [2.45, 2.75) is 0 Å². The molecule has 0 fully saturated rings. The molecule has 0 aromatic carbocycles. The van der Waals surface area contributed by atoms with Crippen molar-refractivity contribution in [1.29, 1.82) is 0 Å². The standard InChI is InChI=1S/C2H4O5S.Na.H/c3-2(4)1-8(5,6)7;;/h1H2,(H,3,4)(H,5,6,7);;. The topological polar surface area (TPSA) is 91.7 Å². The van der Waals surface area contributed by atoms with Crippen molar-refractivity contribution >= 4 is 45.6 Å². The molecule has 9 heavy (non-hydrogen) atoms. The minimum absolute atomic E-state index is 0. The van der Waals surface area contributed by atoms with Crippen molar-refractivity contribution in [3.63, 3.8) is 0 Å². The van der Waals surface area contributed by atoms with Crippen LogP contribution in [0.25, 0.3) is 0 Å². The normalized spacial score (nSPS) is 9.89. The Kier molecular flexibility index (Phi) is 5.69. The van der Waals surface area contributed by atoms with Gasteiger partial charge in [-0.2, -0.15) is 8.42 Å². The summed E-state index contributed by atoms with van der Waals surface area (Å²) in [5, 5.41) is 7.71. The molecule has 7 heteroatoms. The second kappa shape index (κ2) is 4.24. The molecule has 0 aromatic rings. The molecule has 0 aliphatic carbocycles. The van der Waals surface area contributed by atoms with Gasteiger partial charge in [0, 0.05) is 0 Å². The zero-order valence-corrected chi connectivity index (χ0v) is 4.55. The summed E-state index contributed by atoms with van der Waals surface area (Å²) in [5.41, 5.74) is 0. The molecule has 5 nitrogen and oxygen atoms in total. The summed E-state index contributed by atoms with van der Waals surface area (Å²) in [6.07, 6.45) is 0. The van der Waals surface area contributed by atoms with Crippen LogP contribution in [0.1, 0.15) is 0 Å². The molecule has 0 aliphatic heterocycles. The first-order valence-corrected chi connectivity index (χ1v) is 3.20. The molecule has 0 unspecified atom stereocenters. The van der Waals surface area contributed by atoms with E-state index in [9.17, 15) is 13.2 Å². The molecule has 0 spiro atoms. The molecule has 2 N–H and O–H groups in total. The SMILES string of the molecule is O=C(O)CS(=O)(=O)O.[NaH]. The van der Waals surface area contributed by atoms with E-state index >= 15 is 0 Å². The van der Waals surface area contributed by atoms with Gasteiger partial charge in [0.2, 0.25) is 0 Å². The Morgan fingerprint density at radius 1 is 1.44 bits per heavy atom. The van der Waals surface area contributed by atoms with E-state index < -0.39 is 21.8 Å². The number of rotatable bonds is 2. The molecule has 0 rings (SSSR count). The third-order valence-corrected chi connectivity index (χ3v) is 0.918. The van der Waals surface area contributed by atoms with E-state index in [-0.39, 0.29) is 29.6 Å². The maximum atomic E-state index is 9.62. The second-order valence-corrected chi connectivity index (χ2v) is 2.57. The summed E-state index contributed by atoms with van der Waals surface area (Å²) in [6, 6.07) is 0. The first kappa shape index (κ1) is 12.1. The Balaban J connectivity index is 0. The van der Waals surface area contributed by atoms with Crippen molar-refractivity contribution < 1.29 is 22.9 Å². The van der Waals surface area contributed by atoms with E-state index in [1.165, 1.54) is 0 Å². The fourth-order valence-corrected chi connectivity index (χ4v) is 0.468. The second-order valence-electron chi connectivity index (χ2n) is 1.12. The Bertz CT molecular complexity index is 181. The van der Waals surface area contributed by atoms with Crippen molar-refractivity contribution in [3.05, 3.63) is 0 Å². The third-order valence-electron chi connectivity index (χ3n) is 0.306.